The molecule has 0 aliphatic heterocycles. The van der Waals surface area contributed by atoms with E-state index in [0.717, 1.165) is 35.4 Å². The van der Waals surface area contributed by atoms with Crippen molar-refractivity contribution in [2.45, 2.75) is 58.3 Å². The molecule has 0 radical (unpaired) electrons. The Morgan fingerprint density at radius 2 is 2.00 bits per heavy atom. The van der Waals surface area contributed by atoms with Gasteiger partial charge in [0, 0.05) is 23.4 Å². The van der Waals surface area contributed by atoms with E-state index < -0.39 is 6.03 Å². The Balaban J connectivity index is 2.39. The van der Waals surface area contributed by atoms with E-state index in [1.54, 1.807) is 17.9 Å². The quantitative estimate of drug-likeness (QED) is 0.607. The van der Waals surface area contributed by atoms with E-state index in [4.69, 9.17) is 10.5 Å². The van der Waals surface area contributed by atoms with Crippen LogP contribution in [-0.4, -0.2) is 17.7 Å². The molecule has 2 aromatic rings. The predicted octanol–water partition coefficient (Wildman–Crippen LogP) is 5.55. The van der Waals surface area contributed by atoms with Crippen molar-refractivity contribution in [3.05, 3.63) is 42.2 Å². The molecule has 2 N–H and O–H groups in total. The van der Waals surface area contributed by atoms with Crippen LogP contribution in [0, 0.1) is 0 Å². The lowest BCUT2D eigenvalue weighted by atomic mass is 9.90. The number of benzene rings is 1. The number of hydrogen-bond donors (Lipinski definition) is 1. The molecular weight excluding hydrogens is 312 g/mol. The van der Waals surface area contributed by atoms with Crippen LogP contribution in [0.2, 0.25) is 0 Å². The van der Waals surface area contributed by atoms with E-state index >= 15 is 0 Å². The average molecular weight is 342 g/mol. The number of aromatic nitrogens is 1. The molecule has 2 rings (SSSR count). The Bertz CT molecular complexity index is 691. The first-order chi connectivity index (χ1) is 12.1. The fourth-order valence-corrected chi connectivity index (χ4v) is 3.44. The number of methoxy groups -OCH3 is 1. The topological polar surface area (TPSA) is 57.2 Å². The largest absolute Gasteiger partial charge is 0.497 e. The maximum atomic E-state index is 11.9. The molecule has 1 amide bonds. The summed E-state index contributed by atoms with van der Waals surface area (Å²) in [6.45, 7) is 4.40. The van der Waals surface area contributed by atoms with Gasteiger partial charge in [-0.15, -0.1) is 0 Å². The number of nitrogens with zero attached hydrogens (tertiary/aromatic N) is 1. The molecule has 0 saturated heterocycles. The van der Waals surface area contributed by atoms with Gasteiger partial charge >= 0.3 is 6.03 Å². The van der Waals surface area contributed by atoms with E-state index in [1.165, 1.54) is 25.7 Å². The molecule has 0 aliphatic rings. The summed E-state index contributed by atoms with van der Waals surface area (Å²) >= 11 is 0. The molecule has 4 nitrogen and oxygen atoms in total. The van der Waals surface area contributed by atoms with Gasteiger partial charge in [0.15, 0.2) is 0 Å². The van der Waals surface area contributed by atoms with Gasteiger partial charge < -0.3 is 10.5 Å². The molecule has 1 atom stereocenters. The van der Waals surface area contributed by atoms with Crippen LogP contribution in [0.15, 0.2) is 36.5 Å². The van der Waals surface area contributed by atoms with Crippen LogP contribution in [0.3, 0.4) is 0 Å². The zero-order chi connectivity index (χ0) is 18.2. The van der Waals surface area contributed by atoms with Gasteiger partial charge in [0.05, 0.1) is 7.11 Å². The van der Waals surface area contributed by atoms with Gasteiger partial charge in [0.2, 0.25) is 0 Å². The SMILES string of the molecule is CCCCCCC(CC)c1c(-c2cccc(OC)c2)ccn1C(N)=O. The Kier molecular flexibility index (Phi) is 7.11. The van der Waals surface area contributed by atoms with Crippen molar-refractivity contribution in [3.63, 3.8) is 0 Å². The molecule has 136 valence electrons. The minimum Gasteiger partial charge on any atom is -0.497 e. The number of amides is 1. The molecule has 0 saturated carbocycles. The van der Waals surface area contributed by atoms with Gasteiger partial charge in [0.1, 0.15) is 5.75 Å². The number of primary amides is 1. The Hall–Kier alpha value is -2.23. The first kappa shape index (κ1) is 19.1. The molecule has 0 aliphatic carbocycles. The van der Waals surface area contributed by atoms with Gasteiger partial charge in [-0.2, -0.15) is 0 Å². The highest BCUT2D eigenvalue weighted by Crippen LogP contribution is 2.36. The molecule has 0 fully saturated rings. The second-order valence-electron chi connectivity index (χ2n) is 6.51. The van der Waals surface area contributed by atoms with Crippen LogP contribution in [0.4, 0.5) is 4.79 Å². The summed E-state index contributed by atoms with van der Waals surface area (Å²) in [5.41, 5.74) is 8.78. The zero-order valence-electron chi connectivity index (χ0n) is 15.6. The summed E-state index contributed by atoms with van der Waals surface area (Å²) in [5, 5.41) is 0. The smallest absolute Gasteiger partial charge is 0.323 e. The van der Waals surface area contributed by atoms with Crippen LogP contribution in [0.25, 0.3) is 11.1 Å². The van der Waals surface area contributed by atoms with Gasteiger partial charge in [0.25, 0.3) is 0 Å². The van der Waals surface area contributed by atoms with Gasteiger partial charge in [-0.1, -0.05) is 51.7 Å². The fourth-order valence-electron chi connectivity index (χ4n) is 3.44. The van der Waals surface area contributed by atoms with Crippen molar-refractivity contribution in [2.24, 2.45) is 5.73 Å². The van der Waals surface area contributed by atoms with Crippen molar-refractivity contribution in [1.29, 1.82) is 0 Å². The van der Waals surface area contributed by atoms with Crippen LogP contribution in [-0.2, 0) is 0 Å². The first-order valence-electron chi connectivity index (χ1n) is 9.27. The van der Waals surface area contributed by atoms with E-state index in [0.29, 0.717) is 5.92 Å². The molecule has 1 unspecified atom stereocenters. The number of hydrogen-bond acceptors (Lipinski definition) is 2. The fraction of sp³-hybridized carbons (Fsp3) is 0.476. The lowest BCUT2D eigenvalue weighted by Crippen LogP contribution is -2.22. The van der Waals surface area contributed by atoms with Crippen LogP contribution in [0.5, 0.6) is 5.75 Å². The maximum Gasteiger partial charge on any atom is 0.323 e. The Labute approximate surface area is 151 Å². The molecule has 25 heavy (non-hydrogen) atoms. The minimum absolute atomic E-state index is 0.320. The summed E-state index contributed by atoms with van der Waals surface area (Å²) in [6.07, 6.45) is 8.75. The van der Waals surface area contributed by atoms with E-state index in [9.17, 15) is 4.79 Å². The second kappa shape index (κ2) is 9.30. The average Bonchev–Trinajstić information content (AvgIpc) is 3.07. The summed E-state index contributed by atoms with van der Waals surface area (Å²) in [6, 6.07) is 9.53. The highest BCUT2D eigenvalue weighted by molar-refractivity contribution is 5.80. The molecule has 1 aromatic heterocycles. The molecule has 4 heteroatoms. The van der Waals surface area contributed by atoms with Crippen molar-refractivity contribution in [1.82, 2.24) is 4.57 Å². The van der Waals surface area contributed by atoms with Gasteiger partial charge in [-0.25, -0.2) is 4.79 Å². The standard InChI is InChI=1S/C21H30N2O2/c1-4-6-7-8-10-16(5-2)20-19(13-14-23(20)21(22)24)17-11-9-12-18(15-17)25-3/h9,11-16H,4-8,10H2,1-3H3,(H2,22,24). The zero-order valence-corrected chi connectivity index (χ0v) is 15.6. The van der Waals surface area contributed by atoms with Crippen LogP contribution < -0.4 is 10.5 Å². The molecule has 0 spiro atoms. The number of unbranched alkanes of at least 4 members (excludes halogenated alkanes) is 3. The molecule has 0 bridgehead atoms. The number of carbonyl (C=O) groups excluding carboxylic acids is 1. The van der Waals surface area contributed by atoms with Crippen molar-refractivity contribution < 1.29 is 9.53 Å². The van der Waals surface area contributed by atoms with Crippen molar-refractivity contribution in [2.75, 3.05) is 7.11 Å². The lowest BCUT2D eigenvalue weighted by Gasteiger charge is -2.19. The number of nitrogens with two attached hydrogens (primary N) is 1. The minimum atomic E-state index is -0.420. The second-order valence-corrected chi connectivity index (χ2v) is 6.51. The first-order valence-corrected chi connectivity index (χ1v) is 9.27. The highest BCUT2D eigenvalue weighted by atomic mass is 16.5. The number of ether oxygens (including phenoxy) is 1. The normalized spacial score (nSPS) is 12.1. The molecule has 1 aromatic carbocycles. The van der Waals surface area contributed by atoms with Crippen LogP contribution in [0.1, 0.15) is 64.0 Å². The van der Waals surface area contributed by atoms with Crippen molar-refractivity contribution in [3.8, 4) is 16.9 Å². The third-order valence-corrected chi connectivity index (χ3v) is 4.83. The summed E-state index contributed by atoms with van der Waals surface area (Å²) < 4.78 is 6.96. The monoisotopic (exact) mass is 342 g/mol. The Morgan fingerprint density at radius 1 is 1.20 bits per heavy atom. The lowest BCUT2D eigenvalue weighted by molar-refractivity contribution is 0.249. The third-order valence-electron chi connectivity index (χ3n) is 4.83. The van der Waals surface area contributed by atoms with E-state index in [1.807, 2.05) is 24.3 Å². The third kappa shape index (κ3) is 4.65. The van der Waals surface area contributed by atoms with Crippen LogP contribution >= 0.6 is 0 Å². The van der Waals surface area contributed by atoms with E-state index in [2.05, 4.69) is 19.9 Å². The van der Waals surface area contributed by atoms with E-state index in [-0.39, 0.29) is 0 Å². The maximum absolute atomic E-state index is 11.9. The molecular formula is C21H30N2O2. The predicted molar refractivity (Wildman–Crippen MR) is 103 cm³/mol. The number of rotatable bonds is 9. The number of carbonyl (C=O) groups is 1. The van der Waals surface area contributed by atoms with Crippen molar-refractivity contribution >= 4 is 6.03 Å². The Morgan fingerprint density at radius 3 is 2.64 bits per heavy atom. The van der Waals surface area contributed by atoms with Gasteiger partial charge in [-0.05, 0) is 36.6 Å². The summed E-state index contributed by atoms with van der Waals surface area (Å²) in [4.78, 5) is 11.9. The summed E-state index contributed by atoms with van der Waals surface area (Å²) in [7, 11) is 1.66. The summed E-state index contributed by atoms with van der Waals surface area (Å²) in [5.74, 6) is 1.13. The molecule has 1 heterocycles. The van der Waals surface area contributed by atoms with Gasteiger partial charge in [-0.3, -0.25) is 4.57 Å². The highest BCUT2D eigenvalue weighted by Gasteiger charge is 2.21.